The number of nitrogens with one attached hydrogen (secondary N) is 1. The summed E-state index contributed by atoms with van der Waals surface area (Å²) in [6, 6.07) is 20.4. The third kappa shape index (κ3) is 5.09. The minimum Gasteiger partial charge on any atom is -0.481 e. The molecule has 2 aromatic rings. The number of carboxylic acids is 1. The van der Waals surface area contributed by atoms with Gasteiger partial charge >= 0.3 is 12.0 Å². The maximum Gasteiger partial charge on any atom is 0.317 e. The van der Waals surface area contributed by atoms with Crippen molar-refractivity contribution in [2.75, 3.05) is 19.6 Å². The van der Waals surface area contributed by atoms with E-state index in [9.17, 15) is 14.7 Å². The van der Waals surface area contributed by atoms with Crippen LogP contribution in [0.4, 0.5) is 4.79 Å². The molecule has 0 bridgehead atoms. The Bertz CT molecular complexity index is 709. The quantitative estimate of drug-likeness (QED) is 0.819. The average Bonchev–Trinajstić information content (AvgIpc) is 2.72. The van der Waals surface area contributed by atoms with Crippen molar-refractivity contribution >= 4 is 12.0 Å². The van der Waals surface area contributed by atoms with Crippen molar-refractivity contribution in [1.29, 1.82) is 0 Å². The highest BCUT2D eigenvalue weighted by Gasteiger charge is 2.28. The smallest absolute Gasteiger partial charge is 0.317 e. The zero-order valence-corrected chi connectivity index (χ0v) is 15.4. The molecular formula is C22H26N2O3. The van der Waals surface area contributed by atoms with Gasteiger partial charge in [-0.05, 0) is 30.4 Å². The standard InChI is InChI=1S/C22H26N2O3/c25-21(26)19-12-7-15-24(16-19)22(27)23-14-13-20(17-8-3-1-4-9-17)18-10-5-2-6-11-18/h1-6,8-11,19-20H,7,12-16H2,(H,23,27)(H,25,26). The molecule has 0 spiro atoms. The normalized spacial score (nSPS) is 16.9. The fourth-order valence-corrected chi connectivity index (χ4v) is 3.69. The summed E-state index contributed by atoms with van der Waals surface area (Å²) in [5.41, 5.74) is 2.45. The number of carbonyl (C=O) groups excluding carboxylic acids is 1. The summed E-state index contributed by atoms with van der Waals surface area (Å²) in [6.45, 7) is 1.46. The lowest BCUT2D eigenvalue weighted by molar-refractivity contribution is -0.143. The first kappa shape index (κ1) is 19.0. The van der Waals surface area contributed by atoms with Gasteiger partial charge < -0.3 is 15.3 Å². The highest BCUT2D eigenvalue weighted by Crippen LogP contribution is 2.27. The largest absolute Gasteiger partial charge is 0.481 e. The van der Waals surface area contributed by atoms with Crippen LogP contribution in [0.3, 0.4) is 0 Å². The van der Waals surface area contributed by atoms with Gasteiger partial charge in [-0.15, -0.1) is 0 Å². The summed E-state index contributed by atoms with van der Waals surface area (Å²) in [7, 11) is 0. The number of urea groups is 1. The molecular weight excluding hydrogens is 340 g/mol. The molecule has 1 aliphatic heterocycles. The Kier molecular flexibility index (Phi) is 6.47. The van der Waals surface area contributed by atoms with E-state index in [1.807, 2.05) is 36.4 Å². The molecule has 5 heteroatoms. The molecule has 1 unspecified atom stereocenters. The van der Waals surface area contributed by atoms with Crippen LogP contribution in [0, 0.1) is 5.92 Å². The van der Waals surface area contributed by atoms with Gasteiger partial charge in [0.25, 0.3) is 0 Å². The molecule has 1 saturated heterocycles. The van der Waals surface area contributed by atoms with Crippen LogP contribution in [0.1, 0.15) is 36.3 Å². The molecule has 2 aromatic carbocycles. The summed E-state index contributed by atoms with van der Waals surface area (Å²) in [6.07, 6.45) is 2.17. The first-order valence-electron chi connectivity index (χ1n) is 9.50. The highest BCUT2D eigenvalue weighted by atomic mass is 16.4. The summed E-state index contributed by atoms with van der Waals surface area (Å²) in [5.74, 6) is -1.06. The van der Waals surface area contributed by atoms with Gasteiger partial charge in [-0.3, -0.25) is 4.79 Å². The molecule has 0 aromatic heterocycles. The Morgan fingerprint density at radius 1 is 1.04 bits per heavy atom. The number of likely N-dealkylation sites (tertiary alicyclic amines) is 1. The topological polar surface area (TPSA) is 69.6 Å². The average molecular weight is 366 g/mol. The summed E-state index contributed by atoms with van der Waals surface area (Å²) in [4.78, 5) is 25.3. The van der Waals surface area contributed by atoms with Crippen LogP contribution < -0.4 is 5.32 Å². The minimum absolute atomic E-state index is 0.166. The van der Waals surface area contributed by atoms with E-state index in [1.165, 1.54) is 11.1 Å². The van der Waals surface area contributed by atoms with Gasteiger partial charge in [0, 0.05) is 25.6 Å². The van der Waals surface area contributed by atoms with E-state index in [0.717, 1.165) is 12.8 Å². The molecule has 1 atom stereocenters. The van der Waals surface area contributed by atoms with Crippen molar-refractivity contribution in [3.8, 4) is 0 Å². The van der Waals surface area contributed by atoms with Crippen molar-refractivity contribution in [2.45, 2.75) is 25.2 Å². The van der Waals surface area contributed by atoms with Crippen molar-refractivity contribution in [3.05, 3.63) is 71.8 Å². The van der Waals surface area contributed by atoms with Crippen LogP contribution in [0.2, 0.25) is 0 Å². The third-order valence-corrected chi connectivity index (χ3v) is 5.17. The van der Waals surface area contributed by atoms with Gasteiger partial charge in [-0.25, -0.2) is 4.79 Å². The Labute approximate surface area is 160 Å². The fourth-order valence-electron chi connectivity index (χ4n) is 3.69. The van der Waals surface area contributed by atoms with Crippen LogP contribution in [0.5, 0.6) is 0 Å². The Morgan fingerprint density at radius 3 is 2.19 bits per heavy atom. The maximum atomic E-state index is 12.4. The first-order valence-corrected chi connectivity index (χ1v) is 9.50. The van der Waals surface area contributed by atoms with Gasteiger partial charge in [-0.2, -0.15) is 0 Å². The van der Waals surface area contributed by atoms with Gasteiger partial charge in [0.1, 0.15) is 0 Å². The third-order valence-electron chi connectivity index (χ3n) is 5.17. The first-order chi connectivity index (χ1) is 13.1. The minimum atomic E-state index is -0.819. The van der Waals surface area contributed by atoms with Crippen molar-refractivity contribution in [3.63, 3.8) is 0 Å². The molecule has 1 aliphatic rings. The Morgan fingerprint density at radius 2 is 1.63 bits per heavy atom. The molecule has 0 radical (unpaired) electrons. The molecule has 0 aliphatic carbocycles. The van der Waals surface area contributed by atoms with Crippen molar-refractivity contribution in [2.24, 2.45) is 5.92 Å². The highest BCUT2D eigenvalue weighted by molar-refractivity contribution is 5.76. The predicted molar refractivity (Wildman–Crippen MR) is 105 cm³/mol. The maximum absolute atomic E-state index is 12.4. The molecule has 3 rings (SSSR count). The molecule has 0 saturated carbocycles. The van der Waals surface area contributed by atoms with E-state index < -0.39 is 11.9 Å². The lowest BCUT2D eigenvalue weighted by atomic mass is 9.88. The van der Waals surface area contributed by atoms with E-state index in [4.69, 9.17) is 0 Å². The van der Waals surface area contributed by atoms with Gasteiger partial charge in [0.15, 0.2) is 0 Å². The van der Waals surface area contributed by atoms with E-state index in [0.29, 0.717) is 26.1 Å². The lowest BCUT2D eigenvalue weighted by Gasteiger charge is -2.31. The van der Waals surface area contributed by atoms with Crippen LogP contribution in [0.15, 0.2) is 60.7 Å². The van der Waals surface area contributed by atoms with Crippen LogP contribution >= 0.6 is 0 Å². The number of amides is 2. The van der Waals surface area contributed by atoms with Crippen molar-refractivity contribution in [1.82, 2.24) is 10.2 Å². The lowest BCUT2D eigenvalue weighted by Crippen LogP contribution is -2.47. The Hall–Kier alpha value is -2.82. The van der Waals surface area contributed by atoms with E-state index in [1.54, 1.807) is 4.90 Å². The summed E-state index contributed by atoms with van der Waals surface area (Å²) in [5, 5.41) is 12.2. The van der Waals surface area contributed by atoms with Gasteiger partial charge in [0.2, 0.25) is 0 Å². The number of aliphatic carboxylic acids is 1. The van der Waals surface area contributed by atoms with E-state index in [-0.39, 0.29) is 11.9 Å². The second-order valence-electron chi connectivity index (χ2n) is 7.02. The van der Waals surface area contributed by atoms with Crippen LogP contribution in [0.25, 0.3) is 0 Å². The van der Waals surface area contributed by atoms with E-state index >= 15 is 0 Å². The fraction of sp³-hybridized carbons (Fsp3) is 0.364. The second-order valence-corrected chi connectivity index (χ2v) is 7.02. The van der Waals surface area contributed by atoms with E-state index in [2.05, 4.69) is 29.6 Å². The molecule has 27 heavy (non-hydrogen) atoms. The van der Waals surface area contributed by atoms with Crippen LogP contribution in [-0.4, -0.2) is 41.6 Å². The summed E-state index contributed by atoms with van der Waals surface area (Å²) < 4.78 is 0. The molecule has 142 valence electrons. The van der Waals surface area contributed by atoms with Gasteiger partial charge in [0.05, 0.1) is 5.92 Å². The van der Waals surface area contributed by atoms with Crippen molar-refractivity contribution < 1.29 is 14.7 Å². The predicted octanol–water partition coefficient (Wildman–Crippen LogP) is 3.71. The number of hydrogen-bond donors (Lipinski definition) is 2. The number of nitrogens with zero attached hydrogens (tertiary/aromatic N) is 1. The Balaban J connectivity index is 1.59. The second kappa shape index (κ2) is 9.21. The number of carbonyl (C=O) groups is 2. The molecule has 5 nitrogen and oxygen atoms in total. The molecule has 1 fully saturated rings. The number of rotatable bonds is 6. The zero-order chi connectivity index (χ0) is 19.1. The monoisotopic (exact) mass is 366 g/mol. The van der Waals surface area contributed by atoms with Crippen LogP contribution in [-0.2, 0) is 4.79 Å². The zero-order valence-electron chi connectivity index (χ0n) is 15.4. The molecule has 2 N–H and O–H groups in total. The van der Waals surface area contributed by atoms with Gasteiger partial charge in [-0.1, -0.05) is 60.7 Å². The number of piperidine rings is 1. The SMILES string of the molecule is O=C(O)C1CCCN(C(=O)NCCC(c2ccccc2)c2ccccc2)C1. The number of hydrogen-bond acceptors (Lipinski definition) is 2. The number of carboxylic acid groups (broad SMARTS) is 1. The molecule has 2 amide bonds. The molecule has 1 heterocycles. The summed E-state index contributed by atoms with van der Waals surface area (Å²) >= 11 is 0. The number of benzene rings is 2.